The Morgan fingerprint density at radius 2 is 2.08 bits per heavy atom. The molecule has 2 fully saturated rings. The largest absolute Gasteiger partial charge is 0.447 e. The summed E-state index contributed by atoms with van der Waals surface area (Å²) in [5, 5.41) is 6.71. The number of aromatic amines is 1. The predicted octanol–water partition coefficient (Wildman–Crippen LogP) is 1.23. The number of rotatable bonds is 4. The van der Waals surface area contributed by atoms with Crippen molar-refractivity contribution in [1.82, 2.24) is 20.0 Å². The second-order valence-corrected chi connectivity index (χ2v) is 6.67. The van der Waals surface area contributed by atoms with Crippen LogP contribution in [0.15, 0.2) is 42.6 Å². The van der Waals surface area contributed by atoms with Gasteiger partial charge in [-0.05, 0) is 11.6 Å². The number of hydrogen-bond donors (Lipinski definition) is 1. The van der Waals surface area contributed by atoms with Gasteiger partial charge in [0.05, 0.1) is 6.42 Å². The summed E-state index contributed by atoms with van der Waals surface area (Å²) < 4.78 is 5.34. The van der Waals surface area contributed by atoms with Crippen molar-refractivity contribution in [3.05, 3.63) is 53.9 Å². The van der Waals surface area contributed by atoms with Gasteiger partial charge < -0.3 is 9.64 Å². The van der Waals surface area contributed by atoms with E-state index in [1.807, 2.05) is 35.2 Å². The van der Waals surface area contributed by atoms with Crippen molar-refractivity contribution >= 4 is 12.0 Å². The van der Waals surface area contributed by atoms with Crippen LogP contribution in [0.1, 0.15) is 11.3 Å². The van der Waals surface area contributed by atoms with Gasteiger partial charge in [-0.1, -0.05) is 30.3 Å². The van der Waals surface area contributed by atoms with Gasteiger partial charge in [-0.15, -0.1) is 0 Å². The highest BCUT2D eigenvalue weighted by atomic mass is 16.6. The van der Waals surface area contributed by atoms with E-state index in [0.717, 1.165) is 11.3 Å². The van der Waals surface area contributed by atoms with Gasteiger partial charge in [0.1, 0.15) is 12.1 Å². The second kappa shape index (κ2) is 6.23. The summed E-state index contributed by atoms with van der Waals surface area (Å²) in [5.74, 6) is 0.0377. The number of amides is 2. The molecule has 2 aliphatic rings. The molecule has 130 valence electrons. The van der Waals surface area contributed by atoms with Crippen molar-refractivity contribution < 1.29 is 14.3 Å². The molecule has 2 saturated heterocycles. The number of benzene rings is 1. The number of cyclic esters (lactones) is 1. The molecule has 2 aromatic rings. The van der Waals surface area contributed by atoms with Gasteiger partial charge in [-0.25, -0.2) is 4.79 Å². The molecule has 25 heavy (non-hydrogen) atoms. The third kappa shape index (κ3) is 2.97. The van der Waals surface area contributed by atoms with E-state index < -0.39 is 5.54 Å². The van der Waals surface area contributed by atoms with Crippen LogP contribution in [0, 0.1) is 0 Å². The molecule has 0 aliphatic carbocycles. The molecular weight excluding hydrogens is 320 g/mol. The smallest absolute Gasteiger partial charge is 0.410 e. The number of aromatic nitrogens is 2. The molecule has 0 radical (unpaired) electrons. The predicted molar refractivity (Wildman–Crippen MR) is 89.8 cm³/mol. The lowest BCUT2D eigenvalue weighted by molar-refractivity contribution is -0.134. The van der Waals surface area contributed by atoms with E-state index >= 15 is 0 Å². The SMILES string of the molecule is O=C(Cc1ccn[nH]1)N1CCN2C(=O)OCC2(Cc2ccccc2)C1. The Morgan fingerprint density at radius 1 is 1.24 bits per heavy atom. The number of piperazine rings is 1. The molecule has 3 heterocycles. The Kier molecular flexibility index (Phi) is 3.91. The Morgan fingerprint density at radius 3 is 2.84 bits per heavy atom. The number of fused-ring (bicyclic) bond motifs is 1. The average Bonchev–Trinajstić information content (AvgIpc) is 3.24. The first-order chi connectivity index (χ1) is 12.2. The summed E-state index contributed by atoms with van der Waals surface area (Å²) in [7, 11) is 0. The maximum absolute atomic E-state index is 12.7. The Bertz CT molecular complexity index is 762. The minimum Gasteiger partial charge on any atom is -0.447 e. The van der Waals surface area contributed by atoms with Crippen molar-refractivity contribution in [2.75, 3.05) is 26.2 Å². The van der Waals surface area contributed by atoms with Crippen LogP contribution in [-0.2, 0) is 22.4 Å². The lowest BCUT2D eigenvalue weighted by Crippen LogP contribution is -2.63. The Balaban J connectivity index is 1.54. The number of nitrogens with zero attached hydrogens (tertiary/aromatic N) is 3. The number of carbonyl (C=O) groups excluding carboxylic acids is 2. The van der Waals surface area contributed by atoms with E-state index in [0.29, 0.717) is 32.7 Å². The van der Waals surface area contributed by atoms with E-state index in [4.69, 9.17) is 4.74 Å². The van der Waals surface area contributed by atoms with E-state index in [2.05, 4.69) is 10.2 Å². The summed E-state index contributed by atoms with van der Waals surface area (Å²) >= 11 is 0. The normalized spacial score (nSPS) is 22.6. The molecule has 0 spiro atoms. The molecule has 1 unspecified atom stereocenters. The molecule has 0 saturated carbocycles. The fraction of sp³-hybridized carbons (Fsp3) is 0.389. The van der Waals surface area contributed by atoms with Gasteiger partial charge >= 0.3 is 6.09 Å². The molecule has 1 N–H and O–H groups in total. The minimum absolute atomic E-state index is 0.0377. The fourth-order valence-corrected chi connectivity index (χ4v) is 3.71. The maximum Gasteiger partial charge on any atom is 0.410 e. The lowest BCUT2D eigenvalue weighted by Gasteiger charge is -2.44. The number of carbonyl (C=O) groups is 2. The average molecular weight is 340 g/mol. The standard InChI is InChI=1S/C18H20N4O3/c23-16(10-15-6-7-19-20-15)21-8-9-22-17(24)25-13-18(22,12-21)11-14-4-2-1-3-5-14/h1-7H,8-13H2,(H,19,20). The summed E-state index contributed by atoms with van der Waals surface area (Å²) in [6.45, 7) is 1.83. The zero-order valence-electron chi connectivity index (χ0n) is 13.9. The highest BCUT2D eigenvalue weighted by Crippen LogP contribution is 2.32. The molecule has 7 heteroatoms. The van der Waals surface area contributed by atoms with Crippen LogP contribution in [-0.4, -0.2) is 63.8 Å². The zero-order valence-corrected chi connectivity index (χ0v) is 13.9. The minimum atomic E-state index is -0.486. The van der Waals surface area contributed by atoms with Crippen LogP contribution in [0.5, 0.6) is 0 Å². The quantitative estimate of drug-likeness (QED) is 0.908. The maximum atomic E-state index is 12.7. The van der Waals surface area contributed by atoms with Crippen LogP contribution in [0.25, 0.3) is 0 Å². The molecule has 1 aromatic carbocycles. The zero-order chi connectivity index (χ0) is 17.3. The third-order valence-electron chi connectivity index (χ3n) is 4.96. The van der Waals surface area contributed by atoms with E-state index in [-0.39, 0.29) is 18.4 Å². The first kappa shape index (κ1) is 15.7. The van der Waals surface area contributed by atoms with Crippen LogP contribution < -0.4 is 0 Å². The number of H-pyrrole nitrogens is 1. The van der Waals surface area contributed by atoms with Crippen molar-refractivity contribution in [2.45, 2.75) is 18.4 Å². The van der Waals surface area contributed by atoms with Gasteiger partial charge in [0, 0.05) is 37.9 Å². The van der Waals surface area contributed by atoms with Crippen molar-refractivity contribution in [2.24, 2.45) is 0 Å². The van der Waals surface area contributed by atoms with Crippen LogP contribution in [0.3, 0.4) is 0 Å². The monoisotopic (exact) mass is 340 g/mol. The van der Waals surface area contributed by atoms with Gasteiger partial charge in [0.2, 0.25) is 5.91 Å². The molecular formula is C18H20N4O3. The molecule has 1 aromatic heterocycles. The van der Waals surface area contributed by atoms with Gasteiger partial charge in [-0.3, -0.25) is 14.8 Å². The lowest BCUT2D eigenvalue weighted by atomic mass is 9.88. The van der Waals surface area contributed by atoms with E-state index in [1.54, 1.807) is 17.2 Å². The van der Waals surface area contributed by atoms with E-state index in [9.17, 15) is 9.59 Å². The first-order valence-electron chi connectivity index (χ1n) is 8.41. The highest BCUT2D eigenvalue weighted by Gasteiger charge is 2.51. The topological polar surface area (TPSA) is 78.5 Å². The molecule has 7 nitrogen and oxygen atoms in total. The van der Waals surface area contributed by atoms with Crippen molar-refractivity contribution in [3.8, 4) is 0 Å². The van der Waals surface area contributed by atoms with Crippen LogP contribution in [0.2, 0.25) is 0 Å². The fourth-order valence-electron chi connectivity index (χ4n) is 3.71. The van der Waals surface area contributed by atoms with Gasteiger partial charge in [0.25, 0.3) is 0 Å². The molecule has 1 atom stereocenters. The third-order valence-corrected chi connectivity index (χ3v) is 4.96. The second-order valence-electron chi connectivity index (χ2n) is 6.67. The van der Waals surface area contributed by atoms with Crippen LogP contribution in [0.4, 0.5) is 4.79 Å². The number of nitrogens with one attached hydrogen (secondary N) is 1. The highest BCUT2D eigenvalue weighted by molar-refractivity contribution is 5.79. The van der Waals surface area contributed by atoms with E-state index in [1.165, 1.54) is 0 Å². The van der Waals surface area contributed by atoms with Crippen molar-refractivity contribution in [1.29, 1.82) is 0 Å². The Labute approximate surface area is 145 Å². The van der Waals surface area contributed by atoms with Gasteiger partial charge in [0.15, 0.2) is 0 Å². The Hall–Kier alpha value is -2.83. The van der Waals surface area contributed by atoms with Gasteiger partial charge in [-0.2, -0.15) is 5.10 Å². The molecule has 0 bridgehead atoms. The first-order valence-corrected chi connectivity index (χ1v) is 8.41. The number of hydrogen-bond acceptors (Lipinski definition) is 4. The van der Waals surface area contributed by atoms with Crippen molar-refractivity contribution in [3.63, 3.8) is 0 Å². The molecule has 2 aliphatic heterocycles. The molecule has 2 amide bonds. The summed E-state index contributed by atoms with van der Waals surface area (Å²) in [6.07, 6.45) is 2.32. The summed E-state index contributed by atoms with van der Waals surface area (Å²) in [4.78, 5) is 28.4. The summed E-state index contributed by atoms with van der Waals surface area (Å²) in [6, 6.07) is 11.8. The number of ether oxygens (including phenoxy) is 1. The van der Waals surface area contributed by atoms with Crippen LogP contribution >= 0.6 is 0 Å². The summed E-state index contributed by atoms with van der Waals surface area (Å²) in [5.41, 5.74) is 1.44. The molecule has 4 rings (SSSR count).